The second-order valence-corrected chi connectivity index (χ2v) is 6.46. The van der Waals surface area contributed by atoms with Gasteiger partial charge in [-0.3, -0.25) is 0 Å². The molecule has 0 aromatic heterocycles. The molecule has 0 aromatic carbocycles. The summed E-state index contributed by atoms with van der Waals surface area (Å²) in [5, 5.41) is 3.73. The Morgan fingerprint density at radius 1 is 1.24 bits per heavy atom. The van der Waals surface area contributed by atoms with Crippen molar-refractivity contribution in [1.29, 1.82) is 0 Å². The van der Waals surface area contributed by atoms with E-state index in [9.17, 15) is 0 Å². The van der Waals surface area contributed by atoms with Crippen LogP contribution in [0.1, 0.15) is 45.4 Å². The average Bonchev–Trinajstić information content (AvgIpc) is 3.06. The van der Waals surface area contributed by atoms with Gasteiger partial charge in [-0.05, 0) is 62.3 Å². The van der Waals surface area contributed by atoms with Crippen LogP contribution in [0.15, 0.2) is 0 Å². The minimum atomic E-state index is 0.729. The second kappa shape index (κ2) is 5.27. The van der Waals surface area contributed by atoms with E-state index >= 15 is 0 Å². The number of nitrogens with one attached hydrogen (secondary N) is 1. The lowest BCUT2D eigenvalue weighted by atomic mass is 9.81. The summed E-state index contributed by atoms with van der Waals surface area (Å²) in [6.07, 6.45) is 8.82. The predicted molar refractivity (Wildman–Crippen MR) is 69.9 cm³/mol. The standard InChI is InChI=1S/C15H27NO/c1-2-16-15(13-5-6-17-10-13)9-14-8-11-3-4-12(14)7-11/h11-16H,2-10H2,1H3. The largest absolute Gasteiger partial charge is 0.381 e. The Labute approximate surface area is 105 Å². The third-order valence-electron chi connectivity index (χ3n) is 5.44. The lowest BCUT2D eigenvalue weighted by molar-refractivity contribution is 0.167. The van der Waals surface area contributed by atoms with Crippen molar-refractivity contribution in [3.63, 3.8) is 0 Å². The van der Waals surface area contributed by atoms with Crippen LogP contribution in [0.5, 0.6) is 0 Å². The van der Waals surface area contributed by atoms with Gasteiger partial charge in [0.1, 0.15) is 0 Å². The lowest BCUT2D eigenvalue weighted by Crippen LogP contribution is -2.39. The zero-order chi connectivity index (χ0) is 11.7. The molecule has 0 spiro atoms. The number of hydrogen-bond acceptors (Lipinski definition) is 2. The molecule has 2 nitrogen and oxygen atoms in total. The molecule has 2 bridgehead atoms. The number of fused-ring (bicyclic) bond motifs is 2. The highest BCUT2D eigenvalue weighted by atomic mass is 16.5. The normalized spacial score (nSPS) is 42.2. The van der Waals surface area contributed by atoms with Gasteiger partial charge < -0.3 is 10.1 Å². The van der Waals surface area contributed by atoms with E-state index < -0.39 is 0 Å². The maximum Gasteiger partial charge on any atom is 0.0510 e. The summed E-state index contributed by atoms with van der Waals surface area (Å²) in [6, 6.07) is 0.729. The molecule has 17 heavy (non-hydrogen) atoms. The Morgan fingerprint density at radius 3 is 2.76 bits per heavy atom. The summed E-state index contributed by atoms with van der Waals surface area (Å²) in [5.74, 6) is 3.98. The Hall–Kier alpha value is -0.0800. The predicted octanol–water partition coefficient (Wildman–Crippen LogP) is 2.83. The Bertz CT molecular complexity index is 249. The van der Waals surface area contributed by atoms with Crippen LogP contribution >= 0.6 is 0 Å². The highest BCUT2D eigenvalue weighted by molar-refractivity contribution is 4.93. The van der Waals surface area contributed by atoms with Crippen LogP contribution in [0.3, 0.4) is 0 Å². The molecule has 0 amide bonds. The van der Waals surface area contributed by atoms with Crippen molar-refractivity contribution in [2.45, 2.75) is 51.5 Å². The summed E-state index contributed by atoms with van der Waals surface area (Å²) in [4.78, 5) is 0. The molecule has 3 rings (SSSR count). The molecule has 5 atom stereocenters. The Morgan fingerprint density at radius 2 is 2.18 bits per heavy atom. The maximum atomic E-state index is 5.57. The van der Waals surface area contributed by atoms with E-state index in [-0.39, 0.29) is 0 Å². The van der Waals surface area contributed by atoms with Gasteiger partial charge in [-0.15, -0.1) is 0 Å². The fourth-order valence-corrected chi connectivity index (χ4v) is 4.57. The first-order chi connectivity index (χ1) is 8.36. The molecule has 3 fully saturated rings. The fraction of sp³-hybridized carbons (Fsp3) is 1.00. The van der Waals surface area contributed by atoms with Crippen molar-refractivity contribution in [1.82, 2.24) is 5.32 Å². The van der Waals surface area contributed by atoms with E-state index in [1.54, 1.807) is 6.42 Å². The molecule has 2 aliphatic carbocycles. The molecule has 1 saturated heterocycles. The minimum Gasteiger partial charge on any atom is -0.381 e. The molecule has 5 unspecified atom stereocenters. The van der Waals surface area contributed by atoms with Gasteiger partial charge in [0, 0.05) is 12.6 Å². The van der Waals surface area contributed by atoms with Crippen LogP contribution in [0.2, 0.25) is 0 Å². The van der Waals surface area contributed by atoms with E-state index in [1.165, 1.54) is 32.1 Å². The molecule has 3 aliphatic rings. The molecule has 1 aliphatic heterocycles. The smallest absolute Gasteiger partial charge is 0.0510 e. The monoisotopic (exact) mass is 237 g/mol. The van der Waals surface area contributed by atoms with Crippen LogP contribution in [-0.4, -0.2) is 25.8 Å². The molecule has 0 radical (unpaired) electrons. The molecule has 98 valence electrons. The van der Waals surface area contributed by atoms with Gasteiger partial charge in [0.05, 0.1) is 6.61 Å². The Balaban J connectivity index is 1.56. The van der Waals surface area contributed by atoms with Crippen molar-refractivity contribution < 1.29 is 4.74 Å². The topological polar surface area (TPSA) is 21.3 Å². The molecule has 1 heterocycles. The number of ether oxygens (including phenoxy) is 1. The van der Waals surface area contributed by atoms with Gasteiger partial charge in [-0.2, -0.15) is 0 Å². The number of hydrogen-bond donors (Lipinski definition) is 1. The quantitative estimate of drug-likeness (QED) is 0.794. The first-order valence-electron chi connectivity index (χ1n) is 7.68. The summed E-state index contributed by atoms with van der Waals surface area (Å²) in [7, 11) is 0. The van der Waals surface area contributed by atoms with Crippen LogP contribution in [0.25, 0.3) is 0 Å². The molecule has 1 N–H and O–H groups in total. The van der Waals surface area contributed by atoms with Crippen LogP contribution in [0.4, 0.5) is 0 Å². The van der Waals surface area contributed by atoms with E-state index in [4.69, 9.17) is 4.74 Å². The van der Waals surface area contributed by atoms with Gasteiger partial charge in [-0.1, -0.05) is 13.3 Å². The Kier molecular flexibility index (Phi) is 3.72. The van der Waals surface area contributed by atoms with Gasteiger partial charge in [0.25, 0.3) is 0 Å². The summed E-state index contributed by atoms with van der Waals surface area (Å²) in [6.45, 7) is 5.34. The van der Waals surface area contributed by atoms with Gasteiger partial charge in [0.15, 0.2) is 0 Å². The zero-order valence-electron chi connectivity index (χ0n) is 11.2. The first kappa shape index (κ1) is 12.0. The maximum absolute atomic E-state index is 5.57. The molecule has 0 aromatic rings. The van der Waals surface area contributed by atoms with Crippen LogP contribution in [-0.2, 0) is 4.74 Å². The first-order valence-corrected chi connectivity index (χ1v) is 7.68. The minimum absolute atomic E-state index is 0.729. The van der Waals surface area contributed by atoms with E-state index in [1.807, 2.05) is 0 Å². The van der Waals surface area contributed by atoms with Crippen molar-refractivity contribution in [2.75, 3.05) is 19.8 Å². The van der Waals surface area contributed by atoms with Crippen LogP contribution < -0.4 is 5.32 Å². The highest BCUT2D eigenvalue weighted by Crippen LogP contribution is 2.50. The van der Waals surface area contributed by atoms with Gasteiger partial charge in [0.2, 0.25) is 0 Å². The molecular formula is C15H27NO. The highest BCUT2D eigenvalue weighted by Gasteiger charge is 2.41. The summed E-state index contributed by atoms with van der Waals surface area (Å²) >= 11 is 0. The molecular weight excluding hydrogens is 210 g/mol. The molecule has 2 heteroatoms. The van der Waals surface area contributed by atoms with Gasteiger partial charge >= 0.3 is 0 Å². The van der Waals surface area contributed by atoms with E-state index in [2.05, 4.69) is 12.2 Å². The average molecular weight is 237 g/mol. The third kappa shape index (κ3) is 2.53. The van der Waals surface area contributed by atoms with Gasteiger partial charge in [-0.25, -0.2) is 0 Å². The van der Waals surface area contributed by atoms with Crippen LogP contribution in [0, 0.1) is 23.7 Å². The zero-order valence-corrected chi connectivity index (χ0v) is 11.2. The number of rotatable bonds is 5. The summed E-state index contributed by atoms with van der Waals surface area (Å²) in [5.41, 5.74) is 0. The lowest BCUT2D eigenvalue weighted by Gasteiger charge is -2.30. The van der Waals surface area contributed by atoms with Crippen molar-refractivity contribution in [3.8, 4) is 0 Å². The fourth-order valence-electron chi connectivity index (χ4n) is 4.57. The molecule has 2 saturated carbocycles. The van der Waals surface area contributed by atoms with Crippen molar-refractivity contribution in [2.24, 2.45) is 23.7 Å². The van der Waals surface area contributed by atoms with Crippen molar-refractivity contribution >= 4 is 0 Å². The van der Waals surface area contributed by atoms with E-state index in [0.717, 1.165) is 49.5 Å². The van der Waals surface area contributed by atoms with E-state index in [0.29, 0.717) is 0 Å². The summed E-state index contributed by atoms with van der Waals surface area (Å²) < 4.78 is 5.57. The second-order valence-electron chi connectivity index (χ2n) is 6.46. The van der Waals surface area contributed by atoms with Crippen molar-refractivity contribution in [3.05, 3.63) is 0 Å². The SMILES string of the molecule is CCNC(CC1CC2CCC1C2)C1CCOC1. The third-order valence-corrected chi connectivity index (χ3v) is 5.44.